The molecule has 2 N–H and O–H groups in total. The number of nitrogens with zero attached hydrogens (tertiary/aromatic N) is 1. The van der Waals surface area contributed by atoms with Crippen LogP contribution in [-0.4, -0.2) is 51.9 Å². The van der Waals surface area contributed by atoms with Crippen molar-refractivity contribution in [2.24, 2.45) is 0 Å². The van der Waals surface area contributed by atoms with Gasteiger partial charge in [-0.25, -0.2) is 8.42 Å². The summed E-state index contributed by atoms with van der Waals surface area (Å²) < 4.78 is 26.4. The molecule has 1 aliphatic rings. The number of benzene rings is 1. The van der Waals surface area contributed by atoms with E-state index in [1.165, 1.54) is 0 Å². The maximum atomic E-state index is 12.4. The van der Waals surface area contributed by atoms with Gasteiger partial charge in [0.15, 0.2) is 0 Å². The Morgan fingerprint density at radius 1 is 1.12 bits per heavy atom. The second kappa shape index (κ2) is 10.8. The molecule has 1 fully saturated rings. The Morgan fingerprint density at radius 2 is 1.76 bits per heavy atom. The van der Waals surface area contributed by atoms with Crippen molar-refractivity contribution in [3.8, 4) is 0 Å². The maximum absolute atomic E-state index is 12.4. The average molecular weight is 390 g/mol. The molecule has 25 heavy (non-hydrogen) atoms. The SMILES string of the molecule is CNCCCNC(=O)CCc1ccc(S(=O)(=O)N2CCCC2)cc1.Cl. The molecule has 2 rings (SSSR count). The van der Waals surface area contributed by atoms with Crippen LogP contribution in [0, 0.1) is 0 Å². The van der Waals surface area contributed by atoms with E-state index >= 15 is 0 Å². The van der Waals surface area contributed by atoms with Crippen LogP contribution >= 0.6 is 12.4 Å². The third-order valence-corrected chi connectivity index (χ3v) is 6.11. The van der Waals surface area contributed by atoms with Gasteiger partial charge in [-0.3, -0.25) is 4.79 Å². The molecule has 0 bridgehead atoms. The average Bonchev–Trinajstić information content (AvgIpc) is 3.13. The van der Waals surface area contributed by atoms with Crippen LogP contribution in [-0.2, 0) is 21.2 Å². The van der Waals surface area contributed by atoms with Crippen molar-refractivity contribution in [3.05, 3.63) is 29.8 Å². The van der Waals surface area contributed by atoms with E-state index in [1.807, 2.05) is 7.05 Å². The van der Waals surface area contributed by atoms with Crippen LogP contribution < -0.4 is 10.6 Å². The largest absolute Gasteiger partial charge is 0.356 e. The fourth-order valence-electron chi connectivity index (χ4n) is 2.74. The molecular weight excluding hydrogens is 362 g/mol. The number of carbonyl (C=O) groups excluding carboxylic acids is 1. The topological polar surface area (TPSA) is 78.5 Å². The first-order chi connectivity index (χ1) is 11.5. The minimum Gasteiger partial charge on any atom is -0.356 e. The molecule has 142 valence electrons. The molecule has 0 aliphatic carbocycles. The summed E-state index contributed by atoms with van der Waals surface area (Å²) in [6, 6.07) is 6.90. The quantitative estimate of drug-likeness (QED) is 0.628. The number of hydrogen-bond donors (Lipinski definition) is 2. The highest BCUT2D eigenvalue weighted by atomic mass is 35.5. The first kappa shape index (κ1) is 21.9. The van der Waals surface area contributed by atoms with Crippen LogP contribution in [0.2, 0.25) is 0 Å². The lowest BCUT2D eigenvalue weighted by molar-refractivity contribution is -0.121. The first-order valence-electron chi connectivity index (χ1n) is 8.54. The van der Waals surface area contributed by atoms with Crippen molar-refractivity contribution in [3.63, 3.8) is 0 Å². The fraction of sp³-hybridized carbons (Fsp3) is 0.588. The summed E-state index contributed by atoms with van der Waals surface area (Å²) in [7, 11) is -1.47. The molecule has 6 nitrogen and oxygen atoms in total. The van der Waals surface area contributed by atoms with E-state index in [2.05, 4.69) is 10.6 Å². The van der Waals surface area contributed by atoms with Gasteiger partial charge in [0.05, 0.1) is 4.90 Å². The molecule has 1 amide bonds. The van der Waals surface area contributed by atoms with Crippen molar-refractivity contribution in [1.29, 1.82) is 0 Å². The highest BCUT2D eigenvalue weighted by molar-refractivity contribution is 7.89. The zero-order valence-corrected chi connectivity index (χ0v) is 16.3. The molecule has 0 saturated carbocycles. The van der Waals surface area contributed by atoms with Gasteiger partial charge in [0.1, 0.15) is 0 Å². The predicted molar refractivity (Wildman–Crippen MR) is 102 cm³/mol. The van der Waals surface area contributed by atoms with Gasteiger partial charge in [-0.2, -0.15) is 4.31 Å². The third-order valence-electron chi connectivity index (χ3n) is 4.19. The van der Waals surface area contributed by atoms with Crippen LogP contribution in [0.25, 0.3) is 0 Å². The van der Waals surface area contributed by atoms with Crippen LogP contribution in [0.15, 0.2) is 29.2 Å². The molecule has 1 aromatic rings. The van der Waals surface area contributed by atoms with Gasteiger partial charge in [0.2, 0.25) is 15.9 Å². The second-order valence-electron chi connectivity index (χ2n) is 6.06. The number of hydrogen-bond acceptors (Lipinski definition) is 4. The van der Waals surface area contributed by atoms with Crippen LogP contribution in [0.4, 0.5) is 0 Å². The van der Waals surface area contributed by atoms with E-state index in [9.17, 15) is 13.2 Å². The zero-order valence-electron chi connectivity index (χ0n) is 14.7. The van der Waals surface area contributed by atoms with E-state index < -0.39 is 10.0 Å². The van der Waals surface area contributed by atoms with E-state index in [0.29, 0.717) is 37.4 Å². The Labute approximate surface area is 156 Å². The standard InChI is InChI=1S/C17H27N3O3S.ClH/c1-18-11-4-12-19-17(21)10-7-15-5-8-16(9-6-15)24(22,23)20-13-2-3-14-20;/h5-6,8-9,18H,2-4,7,10-14H2,1H3,(H,19,21);1H. The molecule has 1 aromatic carbocycles. The molecule has 0 atom stereocenters. The lowest BCUT2D eigenvalue weighted by Gasteiger charge is -2.15. The lowest BCUT2D eigenvalue weighted by atomic mass is 10.1. The van der Waals surface area contributed by atoms with Crippen molar-refractivity contribution in [2.45, 2.75) is 37.0 Å². The van der Waals surface area contributed by atoms with Gasteiger partial charge in [0, 0.05) is 26.1 Å². The fourth-order valence-corrected chi connectivity index (χ4v) is 4.26. The van der Waals surface area contributed by atoms with E-state index in [-0.39, 0.29) is 18.3 Å². The number of aryl methyl sites for hydroxylation is 1. The Morgan fingerprint density at radius 3 is 2.36 bits per heavy atom. The number of halogens is 1. The monoisotopic (exact) mass is 389 g/mol. The molecule has 0 spiro atoms. The summed E-state index contributed by atoms with van der Waals surface area (Å²) in [5.74, 6) is 0.0277. The third kappa shape index (κ3) is 6.58. The van der Waals surface area contributed by atoms with E-state index in [1.54, 1.807) is 28.6 Å². The van der Waals surface area contributed by atoms with Gasteiger partial charge >= 0.3 is 0 Å². The van der Waals surface area contributed by atoms with Gasteiger partial charge in [-0.1, -0.05) is 12.1 Å². The predicted octanol–water partition coefficient (Wildman–Crippen LogP) is 1.55. The molecule has 8 heteroatoms. The summed E-state index contributed by atoms with van der Waals surface area (Å²) in [5, 5.41) is 5.91. The number of amides is 1. The first-order valence-corrected chi connectivity index (χ1v) is 9.98. The van der Waals surface area contributed by atoms with E-state index in [4.69, 9.17) is 0 Å². The molecule has 1 saturated heterocycles. The number of carbonyl (C=O) groups is 1. The Kier molecular flexibility index (Phi) is 9.42. The molecule has 0 radical (unpaired) electrons. The van der Waals surface area contributed by atoms with Crippen molar-refractivity contribution < 1.29 is 13.2 Å². The van der Waals surface area contributed by atoms with E-state index in [0.717, 1.165) is 31.4 Å². The minimum atomic E-state index is -3.36. The zero-order chi connectivity index (χ0) is 17.4. The summed E-state index contributed by atoms with van der Waals surface area (Å²) in [4.78, 5) is 12.1. The Hall–Kier alpha value is -1.15. The number of nitrogens with one attached hydrogen (secondary N) is 2. The minimum absolute atomic E-state index is 0. The molecule has 0 aromatic heterocycles. The smallest absolute Gasteiger partial charge is 0.243 e. The molecule has 1 heterocycles. The Bertz CT molecular complexity index is 629. The normalized spacial score (nSPS) is 14.9. The summed E-state index contributed by atoms with van der Waals surface area (Å²) in [5.41, 5.74) is 0.973. The number of rotatable bonds is 9. The summed E-state index contributed by atoms with van der Waals surface area (Å²) >= 11 is 0. The van der Waals surface area contributed by atoms with Crippen LogP contribution in [0.3, 0.4) is 0 Å². The van der Waals surface area contributed by atoms with Crippen molar-refractivity contribution in [1.82, 2.24) is 14.9 Å². The number of sulfonamides is 1. The van der Waals surface area contributed by atoms with Gasteiger partial charge in [0.25, 0.3) is 0 Å². The highest BCUT2D eigenvalue weighted by Crippen LogP contribution is 2.21. The Balaban J connectivity index is 0.00000312. The van der Waals surface area contributed by atoms with Crippen molar-refractivity contribution >= 4 is 28.3 Å². The van der Waals surface area contributed by atoms with Crippen LogP contribution in [0.1, 0.15) is 31.2 Å². The molecule has 0 unspecified atom stereocenters. The highest BCUT2D eigenvalue weighted by Gasteiger charge is 2.26. The lowest BCUT2D eigenvalue weighted by Crippen LogP contribution is -2.27. The van der Waals surface area contributed by atoms with Gasteiger partial charge < -0.3 is 10.6 Å². The second-order valence-corrected chi connectivity index (χ2v) is 8.00. The molecular formula is C17H28ClN3O3S. The van der Waals surface area contributed by atoms with Gasteiger partial charge in [-0.05, 0) is 57.0 Å². The maximum Gasteiger partial charge on any atom is 0.243 e. The van der Waals surface area contributed by atoms with Gasteiger partial charge in [-0.15, -0.1) is 12.4 Å². The van der Waals surface area contributed by atoms with Crippen LogP contribution in [0.5, 0.6) is 0 Å². The molecule has 1 aliphatic heterocycles. The summed E-state index contributed by atoms with van der Waals surface area (Å²) in [6.07, 6.45) is 3.80. The van der Waals surface area contributed by atoms with Crippen molar-refractivity contribution in [2.75, 3.05) is 33.2 Å². The summed E-state index contributed by atoms with van der Waals surface area (Å²) in [6.45, 7) is 2.77.